The van der Waals surface area contributed by atoms with Gasteiger partial charge in [0.15, 0.2) is 0 Å². The zero-order valence-electron chi connectivity index (χ0n) is 8.01. The van der Waals surface area contributed by atoms with Crippen LogP contribution in [0.25, 0.3) is 21.8 Å². The van der Waals surface area contributed by atoms with Crippen LogP contribution in [-0.2, 0) is 0 Å². The molecule has 0 saturated heterocycles. The average Bonchev–Trinajstić information content (AvgIpc) is 2.29. The molecule has 0 aliphatic heterocycles. The fourth-order valence-corrected chi connectivity index (χ4v) is 1.70. The van der Waals surface area contributed by atoms with Crippen LogP contribution in [0.1, 0.15) is 0 Å². The van der Waals surface area contributed by atoms with E-state index in [0.717, 1.165) is 21.8 Å². The molecule has 3 heteroatoms. The Morgan fingerprint density at radius 2 is 1.60 bits per heavy atom. The Labute approximate surface area is 92.0 Å². The summed E-state index contributed by atoms with van der Waals surface area (Å²) in [5.41, 5.74) is 2.02. The minimum Gasteiger partial charge on any atom is -0.256 e. The summed E-state index contributed by atoms with van der Waals surface area (Å²) in [6, 6.07) is 12.1. The summed E-state index contributed by atoms with van der Waals surface area (Å²) >= 11 is 0. The Morgan fingerprint density at radius 3 is 2.53 bits per heavy atom. The number of hydrogen-bond donors (Lipinski definition) is 0. The van der Waals surface area contributed by atoms with Crippen molar-refractivity contribution >= 4 is 32.8 Å². The van der Waals surface area contributed by atoms with Crippen molar-refractivity contribution in [2.24, 2.45) is 0 Å². The van der Waals surface area contributed by atoms with Crippen molar-refractivity contribution in [3.8, 4) is 0 Å². The van der Waals surface area contributed by atoms with Crippen molar-refractivity contribution in [3.63, 3.8) is 0 Å². The van der Waals surface area contributed by atoms with Crippen LogP contribution in [0.4, 0.5) is 0 Å². The summed E-state index contributed by atoms with van der Waals surface area (Å²) in [6.45, 7) is 0. The molecule has 70 valence electrons. The molecule has 0 aliphatic carbocycles. The molecule has 2 nitrogen and oxygen atoms in total. The predicted octanol–water partition coefficient (Wildman–Crippen LogP) is 2.40. The number of fused-ring (bicyclic) bond motifs is 3. The third-order valence-corrected chi connectivity index (χ3v) is 2.35. The standard InChI is InChI=1S/C12H8N2.Si/c1-3-9-5-6-11-10(4-2-7-13-11)12(9)14-8-1;/h1-8H;. The fourth-order valence-electron chi connectivity index (χ4n) is 1.70. The predicted molar refractivity (Wildman–Crippen MR) is 62.8 cm³/mol. The first-order chi connectivity index (χ1) is 6.95. The van der Waals surface area contributed by atoms with Crippen LogP contribution < -0.4 is 0 Å². The molecule has 15 heavy (non-hydrogen) atoms. The van der Waals surface area contributed by atoms with Gasteiger partial charge in [0.25, 0.3) is 0 Å². The second kappa shape index (κ2) is 3.79. The van der Waals surface area contributed by atoms with Crippen molar-refractivity contribution in [2.45, 2.75) is 0 Å². The second-order valence-corrected chi connectivity index (χ2v) is 3.21. The van der Waals surface area contributed by atoms with Gasteiger partial charge in [0.2, 0.25) is 0 Å². The molecule has 3 rings (SSSR count). The zero-order valence-corrected chi connectivity index (χ0v) is 9.01. The van der Waals surface area contributed by atoms with E-state index < -0.39 is 0 Å². The molecule has 4 radical (unpaired) electrons. The lowest BCUT2D eigenvalue weighted by Gasteiger charge is -2.00. The van der Waals surface area contributed by atoms with Crippen LogP contribution in [0, 0.1) is 0 Å². The van der Waals surface area contributed by atoms with E-state index in [1.807, 2.05) is 24.4 Å². The van der Waals surface area contributed by atoms with Crippen molar-refractivity contribution in [2.75, 3.05) is 0 Å². The third-order valence-electron chi connectivity index (χ3n) is 2.35. The number of benzene rings is 1. The molecule has 0 bridgehead atoms. The molecule has 2 aromatic heterocycles. The van der Waals surface area contributed by atoms with Gasteiger partial charge in [-0.3, -0.25) is 9.97 Å². The quantitative estimate of drug-likeness (QED) is 0.419. The number of aromatic nitrogens is 2. The lowest BCUT2D eigenvalue weighted by atomic mass is 10.1. The highest BCUT2D eigenvalue weighted by atomic mass is 28.1. The highest BCUT2D eigenvalue weighted by Gasteiger charge is 1.99. The highest BCUT2D eigenvalue weighted by molar-refractivity contribution is 6.03. The number of nitrogens with zero attached hydrogens (tertiary/aromatic N) is 2. The van der Waals surface area contributed by atoms with E-state index in [0.29, 0.717) is 0 Å². The van der Waals surface area contributed by atoms with E-state index in [4.69, 9.17) is 0 Å². The van der Waals surface area contributed by atoms with E-state index in [1.165, 1.54) is 0 Å². The fraction of sp³-hybridized carbons (Fsp3) is 0. The minimum atomic E-state index is 0. The molecule has 1 aromatic carbocycles. The molecule has 3 aromatic rings. The minimum absolute atomic E-state index is 0. The molecule has 0 saturated carbocycles. The lowest BCUT2D eigenvalue weighted by Crippen LogP contribution is -1.82. The average molecular weight is 208 g/mol. The van der Waals surface area contributed by atoms with Gasteiger partial charge in [-0.2, -0.15) is 0 Å². The van der Waals surface area contributed by atoms with Crippen LogP contribution >= 0.6 is 0 Å². The lowest BCUT2D eigenvalue weighted by molar-refractivity contribution is 1.39. The van der Waals surface area contributed by atoms with Gasteiger partial charge in [-0.15, -0.1) is 0 Å². The Balaban J connectivity index is 0.000000853. The molecular formula is C12H8N2Si. The van der Waals surface area contributed by atoms with Crippen LogP contribution in [0.5, 0.6) is 0 Å². The maximum atomic E-state index is 4.37. The van der Waals surface area contributed by atoms with Crippen molar-refractivity contribution in [1.29, 1.82) is 0 Å². The van der Waals surface area contributed by atoms with Gasteiger partial charge in [-0.05, 0) is 24.3 Å². The Morgan fingerprint density at radius 1 is 0.800 bits per heavy atom. The zero-order chi connectivity index (χ0) is 9.38. The topological polar surface area (TPSA) is 25.8 Å². The Bertz CT molecular complexity index is 553. The van der Waals surface area contributed by atoms with E-state index in [9.17, 15) is 0 Å². The second-order valence-electron chi connectivity index (χ2n) is 3.21. The van der Waals surface area contributed by atoms with Gasteiger partial charge in [0.1, 0.15) is 0 Å². The molecule has 0 fully saturated rings. The van der Waals surface area contributed by atoms with Gasteiger partial charge < -0.3 is 0 Å². The molecule has 2 heterocycles. The number of pyridine rings is 2. The first kappa shape index (κ1) is 9.80. The largest absolute Gasteiger partial charge is 0.256 e. The SMILES string of the molecule is [Si].c1cnc2c(c1)ccc1ncccc12. The maximum absolute atomic E-state index is 4.37. The van der Waals surface area contributed by atoms with Gasteiger partial charge in [-0.25, -0.2) is 0 Å². The molecule has 0 amide bonds. The Kier molecular flexibility index (Phi) is 2.47. The van der Waals surface area contributed by atoms with Gasteiger partial charge in [0, 0.05) is 34.1 Å². The summed E-state index contributed by atoms with van der Waals surface area (Å²) in [5.74, 6) is 0. The summed E-state index contributed by atoms with van der Waals surface area (Å²) < 4.78 is 0. The number of hydrogen-bond acceptors (Lipinski definition) is 2. The monoisotopic (exact) mass is 208 g/mol. The molecule has 0 atom stereocenters. The van der Waals surface area contributed by atoms with Gasteiger partial charge in [0.05, 0.1) is 11.0 Å². The van der Waals surface area contributed by atoms with Crippen LogP contribution in [0.2, 0.25) is 0 Å². The van der Waals surface area contributed by atoms with Gasteiger partial charge in [-0.1, -0.05) is 12.1 Å². The third kappa shape index (κ3) is 1.51. The van der Waals surface area contributed by atoms with Crippen molar-refractivity contribution in [1.82, 2.24) is 9.97 Å². The van der Waals surface area contributed by atoms with Crippen LogP contribution in [0.15, 0.2) is 48.8 Å². The summed E-state index contributed by atoms with van der Waals surface area (Å²) in [7, 11) is 0. The molecule has 0 aliphatic rings. The van der Waals surface area contributed by atoms with Gasteiger partial charge >= 0.3 is 0 Å². The maximum Gasteiger partial charge on any atom is 0.0795 e. The first-order valence-electron chi connectivity index (χ1n) is 4.53. The first-order valence-corrected chi connectivity index (χ1v) is 4.53. The highest BCUT2D eigenvalue weighted by Crippen LogP contribution is 2.20. The molecule has 0 unspecified atom stereocenters. The summed E-state index contributed by atoms with van der Waals surface area (Å²) in [5, 5.41) is 2.28. The summed E-state index contributed by atoms with van der Waals surface area (Å²) in [6.07, 6.45) is 3.62. The van der Waals surface area contributed by atoms with Crippen LogP contribution in [-0.4, -0.2) is 20.9 Å². The number of rotatable bonds is 0. The van der Waals surface area contributed by atoms with E-state index in [1.54, 1.807) is 6.20 Å². The molecular weight excluding hydrogens is 200 g/mol. The smallest absolute Gasteiger partial charge is 0.0795 e. The van der Waals surface area contributed by atoms with E-state index in [-0.39, 0.29) is 11.0 Å². The van der Waals surface area contributed by atoms with E-state index in [2.05, 4.69) is 28.2 Å². The van der Waals surface area contributed by atoms with Crippen molar-refractivity contribution < 1.29 is 0 Å². The molecule has 0 spiro atoms. The summed E-state index contributed by atoms with van der Waals surface area (Å²) in [4.78, 5) is 8.66. The molecule has 0 N–H and O–H groups in total. The van der Waals surface area contributed by atoms with E-state index >= 15 is 0 Å². The van der Waals surface area contributed by atoms with Crippen LogP contribution in [0.3, 0.4) is 0 Å². The Hall–Kier alpha value is -1.74. The van der Waals surface area contributed by atoms with Crippen molar-refractivity contribution in [3.05, 3.63) is 48.8 Å². The normalized spacial score (nSPS) is 10.1.